The Kier molecular flexibility index (Phi) is 4.75. The van der Waals surface area contributed by atoms with E-state index in [0.29, 0.717) is 12.5 Å². The highest BCUT2D eigenvalue weighted by Crippen LogP contribution is 2.05. The smallest absolute Gasteiger partial charge is 0.327 e. The van der Waals surface area contributed by atoms with Gasteiger partial charge in [-0.25, -0.2) is 9.67 Å². The molecule has 0 spiro atoms. The van der Waals surface area contributed by atoms with E-state index in [2.05, 4.69) is 23.9 Å². The number of hydrogen-bond acceptors (Lipinski definition) is 5. The number of carbonyl (C=O) groups excluding carboxylic acids is 1. The first-order valence-corrected chi connectivity index (χ1v) is 5.42. The summed E-state index contributed by atoms with van der Waals surface area (Å²) in [6, 6.07) is 0. The van der Waals surface area contributed by atoms with Gasteiger partial charge in [0.15, 0.2) is 0 Å². The van der Waals surface area contributed by atoms with E-state index in [9.17, 15) is 4.79 Å². The Morgan fingerprint density at radius 3 is 3.00 bits per heavy atom. The van der Waals surface area contributed by atoms with Crippen molar-refractivity contribution in [1.29, 1.82) is 0 Å². The van der Waals surface area contributed by atoms with Crippen molar-refractivity contribution in [2.24, 2.45) is 5.92 Å². The predicted octanol–water partition coefficient (Wildman–Crippen LogP) is 0.840. The summed E-state index contributed by atoms with van der Waals surface area (Å²) in [7, 11) is 0. The van der Waals surface area contributed by atoms with E-state index in [1.165, 1.54) is 11.0 Å². The summed E-state index contributed by atoms with van der Waals surface area (Å²) in [5.74, 6) is 0.245. The molecule has 0 aliphatic heterocycles. The van der Waals surface area contributed by atoms with Crippen LogP contribution in [0.3, 0.4) is 0 Å². The van der Waals surface area contributed by atoms with Gasteiger partial charge in [0.05, 0.1) is 6.61 Å². The fraction of sp³-hybridized carbons (Fsp3) is 0.700. The van der Waals surface area contributed by atoms with E-state index < -0.39 is 0 Å². The second-order valence-corrected chi connectivity index (χ2v) is 3.88. The number of ether oxygens (including phenoxy) is 1. The van der Waals surface area contributed by atoms with Gasteiger partial charge in [-0.2, -0.15) is 0 Å². The maximum absolute atomic E-state index is 11.4. The second-order valence-electron chi connectivity index (χ2n) is 3.88. The zero-order valence-corrected chi connectivity index (χ0v) is 9.72. The van der Waals surface area contributed by atoms with E-state index in [0.717, 1.165) is 12.8 Å². The molecule has 0 saturated heterocycles. The molecule has 16 heavy (non-hydrogen) atoms. The third-order valence-electron chi connectivity index (χ3n) is 2.16. The lowest BCUT2D eigenvalue weighted by molar-refractivity contribution is -0.145. The highest BCUT2D eigenvalue weighted by atomic mass is 16.5. The molecule has 0 amide bonds. The second kappa shape index (κ2) is 6.09. The topological polar surface area (TPSA) is 83.0 Å². The largest absolute Gasteiger partial charge is 0.464 e. The van der Waals surface area contributed by atoms with Crippen molar-refractivity contribution in [1.82, 2.24) is 14.8 Å². The lowest BCUT2D eigenvalue weighted by atomic mass is 10.1. The van der Waals surface area contributed by atoms with Gasteiger partial charge in [-0.05, 0) is 12.3 Å². The van der Waals surface area contributed by atoms with Gasteiger partial charge >= 0.3 is 5.97 Å². The highest BCUT2D eigenvalue weighted by Gasteiger charge is 2.08. The average Bonchev–Trinajstić information content (AvgIpc) is 2.61. The van der Waals surface area contributed by atoms with Gasteiger partial charge < -0.3 is 10.5 Å². The van der Waals surface area contributed by atoms with Crippen LogP contribution in [0.15, 0.2) is 6.33 Å². The number of hydrogen-bond donors (Lipinski definition) is 1. The van der Waals surface area contributed by atoms with Crippen LogP contribution in [0, 0.1) is 5.92 Å². The maximum atomic E-state index is 11.4. The Morgan fingerprint density at radius 1 is 1.69 bits per heavy atom. The van der Waals surface area contributed by atoms with E-state index in [1.54, 1.807) is 0 Å². The Labute approximate surface area is 94.8 Å². The number of nitrogens with two attached hydrogens (primary N) is 1. The van der Waals surface area contributed by atoms with Crippen molar-refractivity contribution in [3.63, 3.8) is 0 Å². The van der Waals surface area contributed by atoms with Crippen molar-refractivity contribution in [3.05, 3.63) is 6.33 Å². The Morgan fingerprint density at radius 2 is 2.44 bits per heavy atom. The van der Waals surface area contributed by atoms with Crippen molar-refractivity contribution >= 4 is 11.9 Å². The van der Waals surface area contributed by atoms with Gasteiger partial charge in [0.25, 0.3) is 0 Å². The quantitative estimate of drug-likeness (QED) is 0.727. The lowest BCUT2D eigenvalue weighted by Crippen LogP contribution is -2.17. The molecule has 0 aromatic carbocycles. The minimum absolute atomic E-state index is 0.0586. The summed E-state index contributed by atoms with van der Waals surface area (Å²) < 4.78 is 6.46. The summed E-state index contributed by atoms with van der Waals surface area (Å²) in [6.45, 7) is 4.68. The number of esters is 1. The van der Waals surface area contributed by atoms with Crippen molar-refractivity contribution < 1.29 is 9.53 Å². The molecule has 0 saturated carbocycles. The minimum Gasteiger partial charge on any atom is -0.464 e. The molecule has 0 fully saturated rings. The summed E-state index contributed by atoms with van der Waals surface area (Å²) in [5, 5.41) is 3.80. The van der Waals surface area contributed by atoms with Crippen molar-refractivity contribution in [2.45, 2.75) is 33.2 Å². The molecule has 90 valence electrons. The zero-order chi connectivity index (χ0) is 12.0. The van der Waals surface area contributed by atoms with Crippen LogP contribution in [-0.2, 0) is 16.1 Å². The first-order chi connectivity index (χ1) is 7.61. The summed E-state index contributed by atoms with van der Waals surface area (Å²) >= 11 is 0. The molecule has 1 rings (SSSR count). The number of nitrogen functional groups attached to an aromatic ring is 1. The van der Waals surface area contributed by atoms with E-state index in [-0.39, 0.29) is 18.5 Å². The normalized spacial score (nSPS) is 12.4. The monoisotopic (exact) mass is 226 g/mol. The molecule has 1 unspecified atom stereocenters. The fourth-order valence-corrected chi connectivity index (χ4v) is 1.37. The van der Waals surface area contributed by atoms with E-state index in [1.807, 2.05) is 0 Å². The first kappa shape index (κ1) is 12.5. The Bertz CT molecular complexity index is 337. The first-order valence-electron chi connectivity index (χ1n) is 5.42. The molecule has 6 heteroatoms. The summed E-state index contributed by atoms with van der Waals surface area (Å²) in [5.41, 5.74) is 5.32. The zero-order valence-electron chi connectivity index (χ0n) is 9.72. The molecular weight excluding hydrogens is 208 g/mol. The van der Waals surface area contributed by atoms with Gasteiger partial charge in [-0.3, -0.25) is 4.79 Å². The van der Waals surface area contributed by atoms with Gasteiger partial charge in [-0.1, -0.05) is 20.3 Å². The third kappa shape index (κ3) is 4.29. The van der Waals surface area contributed by atoms with Crippen LogP contribution in [0.5, 0.6) is 0 Å². The van der Waals surface area contributed by atoms with Gasteiger partial charge in [0.1, 0.15) is 12.9 Å². The fourth-order valence-electron chi connectivity index (χ4n) is 1.37. The third-order valence-corrected chi connectivity index (χ3v) is 2.16. The van der Waals surface area contributed by atoms with Gasteiger partial charge in [0.2, 0.25) is 5.95 Å². The molecule has 6 nitrogen and oxygen atoms in total. The molecule has 1 heterocycles. The molecule has 2 N–H and O–H groups in total. The predicted molar refractivity (Wildman–Crippen MR) is 59.5 cm³/mol. The summed E-state index contributed by atoms with van der Waals surface area (Å²) in [4.78, 5) is 15.1. The number of anilines is 1. The molecule has 1 aromatic rings. The lowest BCUT2D eigenvalue weighted by Gasteiger charge is -2.10. The van der Waals surface area contributed by atoms with Crippen LogP contribution in [0.1, 0.15) is 26.7 Å². The van der Waals surface area contributed by atoms with Gasteiger partial charge in [0, 0.05) is 0 Å². The Balaban J connectivity index is 2.26. The highest BCUT2D eigenvalue weighted by molar-refractivity contribution is 5.69. The maximum Gasteiger partial charge on any atom is 0.327 e. The van der Waals surface area contributed by atoms with Gasteiger partial charge in [-0.15, -0.1) is 5.10 Å². The van der Waals surface area contributed by atoms with Crippen LogP contribution >= 0.6 is 0 Å². The molecule has 1 atom stereocenters. The number of nitrogens with zero attached hydrogens (tertiary/aromatic N) is 3. The van der Waals surface area contributed by atoms with Crippen LogP contribution in [0.25, 0.3) is 0 Å². The van der Waals surface area contributed by atoms with Crippen LogP contribution < -0.4 is 5.73 Å². The van der Waals surface area contributed by atoms with E-state index >= 15 is 0 Å². The SMILES string of the molecule is CCCC(C)COC(=O)Cn1cnc(N)n1. The molecular formula is C10H18N4O2. The van der Waals surface area contributed by atoms with Crippen LogP contribution in [0.4, 0.5) is 5.95 Å². The summed E-state index contributed by atoms with van der Waals surface area (Å²) in [6.07, 6.45) is 3.56. The van der Waals surface area contributed by atoms with Crippen molar-refractivity contribution in [3.8, 4) is 0 Å². The Hall–Kier alpha value is -1.59. The number of aromatic nitrogens is 3. The standard InChI is InChI=1S/C10H18N4O2/c1-3-4-8(2)6-16-9(15)5-14-7-12-10(11)13-14/h7-8H,3-6H2,1-2H3,(H2,11,13). The molecule has 1 aromatic heterocycles. The average molecular weight is 226 g/mol. The van der Waals surface area contributed by atoms with E-state index in [4.69, 9.17) is 10.5 Å². The number of rotatable bonds is 6. The molecule has 0 aliphatic rings. The molecule has 0 bridgehead atoms. The van der Waals surface area contributed by atoms with Crippen LogP contribution in [0.2, 0.25) is 0 Å². The van der Waals surface area contributed by atoms with Crippen LogP contribution in [-0.4, -0.2) is 27.3 Å². The molecule has 0 aliphatic carbocycles. The number of carbonyl (C=O) groups is 1. The molecule has 0 radical (unpaired) electrons. The minimum atomic E-state index is -0.312. The van der Waals surface area contributed by atoms with Crippen molar-refractivity contribution in [2.75, 3.05) is 12.3 Å².